The maximum atomic E-state index is 14.0. The molecule has 4 aromatic heterocycles. The second-order valence-corrected chi connectivity index (χ2v) is 17.6. The number of rotatable bonds is 3. The fourth-order valence-electron chi connectivity index (χ4n) is 11.5. The summed E-state index contributed by atoms with van der Waals surface area (Å²) in [7, 11) is 0. The molecule has 4 heteroatoms. The summed E-state index contributed by atoms with van der Waals surface area (Å²) in [6.45, 7) is 4.77. The zero-order valence-corrected chi connectivity index (χ0v) is 34.1. The van der Waals surface area contributed by atoms with E-state index in [1.807, 2.05) is 22.6 Å². The number of para-hydroxylation sites is 3. The molecule has 290 valence electrons. The van der Waals surface area contributed by atoms with E-state index in [1.54, 1.807) is 0 Å². The van der Waals surface area contributed by atoms with Crippen LogP contribution in [0.25, 0.3) is 115 Å². The van der Waals surface area contributed by atoms with Gasteiger partial charge in [-0.3, -0.25) is 9.20 Å². The lowest BCUT2D eigenvalue weighted by Gasteiger charge is -2.23. The van der Waals surface area contributed by atoms with Crippen LogP contribution in [0.5, 0.6) is 0 Å². The summed E-state index contributed by atoms with van der Waals surface area (Å²) in [6.07, 6.45) is 0. The molecule has 9 aromatic carbocycles. The van der Waals surface area contributed by atoms with E-state index in [2.05, 4.69) is 193 Å². The van der Waals surface area contributed by atoms with Crippen molar-refractivity contribution >= 4 is 81.6 Å². The topological polar surface area (TPSA) is 31.3 Å². The molecule has 13 aromatic rings. The van der Waals surface area contributed by atoms with E-state index in [4.69, 9.17) is 0 Å². The normalized spacial score (nSPS) is 13.5. The summed E-state index contributed by atoms with van der Waals surface area (Å²) in [5.74, 6) is 0. The Morgan fingerprint density at radius 1 is 0.371 bits per heavy atom. The van der Waals surface area contributed by atoms with Crippen molar-refractivity contribution in [2.45, 2.75) is 19.3 Å². The van der Waals surface area contributed by atoms with Gasteiger partial charge in [0.2, 0.25) is 0 Å². The number of fused-ring (bicyclic) bond motifs is 15. The van der Waals surface area contributed by atoms with Crippen molar-refractivity contribution in [3.05, 3.63) is 210 Å². The number of benzene rings is 9. The van der Waals surface area contributed by atoms with E-state index in [1.165, 1.54) is 60.3 Å². The molecule has 4 heterocycles. The van der Waals surface area contributed by atoms with Crippen LogP contribution >= 0.6 is 0 Å². The van der Waals surface area contributed by atoms with Crippen molar-refractivity contribution in [1.29, 1.82) is 0 Å². The van der Waals surface area contributed by atoms with E-state index in [-0.39, 0.29) is 11.0 Å². The molecule has 0 N–H and O–H groups in total. The van der Waals surface area contributed by atoms with E-state index < -0.39 is 0 Å². The summed E-state index contributed by atoms with van der Waals surface area (Å²) >= 11 is 0. The van der Waals surface area contributed by atoms with Gasteiger partial charge in [-0.15, -0.1) is 0 Å². The lowest BCUT2D eigenvalue weighted by molar-refractivity contribution is 0.664. The average Bonchev–Trinajstić information content (AvgIpc) is 4.02. The molecule has 0 radical (unpaired) electrons. The first kappa shape index (κ1) is 33.8. The van der Waals surface area contributed by atoms with Gasteiger partial charge in [0.05, 0.1) is 33.1 Å². The Hall–Kier alpha value is -7.95. The van der Waals surface area contributed by atoms with Gasteiger partial charge in [-0.2, -0.15) is 0 Å². The van der Waals surface area contributed by atoms with Gasteiger partial charge < -0.3 is 9.13 Å². The molecule has 0 saturated carbocycles. The molecule has 0 bridgehead atoms. The Morgan fingerprint density at radius 3 is 1.79 bits per heavy atom. The molecular formula is C58H37N3O. The molecule has 0 unspecified atom stereocenters. The Bertz CT molecular complexity index is 4160. The zero-order valence-electron chi connectivity index (χ0n) is 34.1. The first-order valence-electron chi connectivity index (χ1n) is 21.5. The van der Waals surface area contributed by atoms with Crippen molar-refractivity contribution in [1.82, 2.24) is 13.5 Å². The van der Waals surface area contributed by atoms with E-state index in [0.29, 0.717) is 0 Å². The highest BCUT2D eigenvalue weighted by atomic mass is 16.1. The third-order valence-electron chi connectivity index (χ3n) is 14.1. The number of hydrogen-bond donors (Lipinski definition) is 0. The fraction of sp³-hybridized carbons (Fsp3) is 0.0517. The van der Waals surface area contributed by atoms with Gasteiger partial charge >= 0.3 is 0 Å². The standard InChI is InChI=1S/C58H37N3O/c1-58(2)49-22-8-5-16-39(49)42-27-28-45-40-17-6-10-24-51(40)60(56(45)54(42)58)37-26-30-52-48(33-37)41-18-7-9-23-50(41)59(52)36-14-11-13-34(31-36)35-25-29-53-47(32-35)44-21-12-20-43-38-15-3-4-19-46(38)57(62)61(53)55(43)44/h3-33H,1-2H3. The quantitative estimate of drug-likeness (QED) is 0.164. The molecule has 0 saturated heterocycles. The Labute approximate surface area is 356 Å². The lowest BCUT2D eigenvalue weighted by atomic mass is 9.81. The molecule has 0 aliphatic heterocycles. The van der Waals surface area contributed by atoms with Crippen LogP contribution in [0.4, 0.5) is 0 Å². The number of pyridine rings is 1. The van der Waals surface area contributed by atoms with E-state index in [9.17, 15) is 4.79 Å². The van der Waals surface area contributed by atoms with Crippen LogP contribution in [0.1, 0.15) is 25.0 Å². The maximum Gasteiger partial charge on any atom is 0.263 e. The Morgan fingerprint density at radius 2 is 0.952 bits per heavy atom. The maximum absolute atomic E-state index is 14.0. The van der Waals surface area contributed by atoms with Crippen LogP contribution in [0.15, 0.2) is 193 Å². The molecule has 4 nitrogen and oxygen atoms in total. The Balaban J connectivity index is 0.963. The third-order valence-corrected chi connectivity index (χ3v) is 14.1. The SMILES string of the molecule is CC1(C)c2ccccc2-c2ccc3c4ccccc4n(-c4ccc5c(c4)c4ccccc4n5-c4cccc(-c5ccc6c(c5)c5cccc7c8ccccc8c(=O)n6c75)c4)c3c21. The van der Waals surface area contributed by atoms with Gasteiger partial charge in [-0.1, -0.05) is 141 Å². The molecule has 0 atom stereocenters. The summed E-state index contributed by atoms with van der Waals surface area (Å²) in [6, 6.07) is 68.1. The predicted molar refractivity (Wildman–Crippen MR) is 259 cm³/mol. The van der Waals surface area contributed by atoms with Crippen LogP contribution < -0.4 is 5.56 Å². The van der Waals surface area contributed by atoms with Gasteiger partial charge in [0.25, 0.3) is 5.56 Å². The minimum absolute atomic E-state index is 0.0278. The van der Waals surface area contributed by atoms with Gasteiger partial charge in [-0.05, 0) is 99.4 Å². The van der Waals surface area contributed by atoms with Crippen LogP contribution in [0, 0.1) is 0 Å². The van der Waals surface area contributed by atoms with E-state index in [0.717, 1.165) is 66.0 Å². The largest absolute Gasteiger partial charge is 0.309 e. The first-order valence-corrected chi connectivity index (χ1v) is 21.5. The molecule has 0 spiro atoms. The average molecular weight is 792 g/mol. The van der Waals surface area contributed by atoms with Gasteiger partial charge in [-0.25, -0.2) is 0 Å². The number of hydrogen-bond acceptors (Lipinski definition) is 1. The number of nitrogens with zero attached hydrogens (tertiary/aromatic N) is 3. The molecule has 14 rings (SSSR count). The van der Waals surface area contributed by atoms with Gasteiger partial charge in [0.1, 0.15) is 0 Å². The summed E-state index contributed by atoms with van der Waals surface area (Å²) in [5, 5.41) is 10.0. The van der Waals surface area contributed by atoms with Crippen molar-refractivity contribution in [2.75, 3.05) is 0 Å². The van der Waals surface area contributed by atoms with Gasteiger partial charge in [0, 0.05) is 59.9 Å². The van der Waals surface area contributed by atoms with Crippen LogP contribution in [-0.2, 0) is 5.41 Å². The predicted octanol–water partition coefficient (Wildman–Crippen LogP) is 14.4. The third kappa shape index (κ3) is 4.23. The summed E-state index contributed by atoms with van der Waals surface area (Å²) < 4.78 is 6.85. The summed E-state index contributed by atoms with van der Waals surface area (Å²) in [5.41, 5.74) is 16.5. The van der Waals surface area contributed by atoms with Crippen molar-refractivity contribution < 1.29 is 0 Å². The minimum atomic E-state index is -0.161. The second kappa shape index (κ2) is 11.9. The molecule has 0 amide bonds. The molecule has 62 heavy (non-hydrogen) atoms. The number of aromatic nitrogens is 3. The molecule has 1 aliphatic carbocycles. The van der Waals surface area contributed by atoms with Crippen molar-refractivity contribution in [2.24, 2.45) is 0 Å². The molecular weight excluding hydrogens is 755 g/mol. The van der Waals surface area contributed by atoms with Crippen molar-refractivity contribution in [3.8, 4) is 33.6 Å². The van der Waals surface area contributed by atoms with E-state index >= 15 is 0 Å². The smallest absolute Gasteiger partial charge is 0.263 e. The highest BCUT2D eigenvalue weighted by molar-refractivity contribution is 6.21. The fourth-order valence-corrected chi connectivity index (χ4v) is 11.5. The highest BCUT2D eigenvalue weighted by Crippen LogP contribution is 2.53. The van der Waals surface area contributed by atoms with Crippen LogP contribution in [-0.4, -0.2) is 13.5 Å². The van der Waals surface area contributed by atoms with Crippen LogP contribution in [0.3, 0.4) is 0 Å². The summed E-state index contributed by atoms with van der Waals surface area (Å²) in [4.78, 5) is 14.0. The highest BCUT2D eigenvalue weighted by Gasteiger charge is 2.38. The molecule has 0 fully saturated rings. The zero-order chi connectivity index (χ0) is 41.0. The van der Waals surface area contributed by atoms with Gasteiger partial charge in [0.15, 0.2) is 0 Å². The van der Waals surface area contributed by atoms with Crippen LogP contribution in [0.2, 0.25) is 0 Å². The second-order valence-electron chi connectivity index (χ2n) is 17.6. The lowest BCUT2D eigenvalue weighted by Crippen LogP contribution is -2.16. The first-order chi connectivity index (χ1) is 30.5. The Kier molecular flexibility index (Phi) is 6.48. The minimum Gasteiger partial charge on any atom is -0.309 e. The monoisotopic (exact) mass is 791 g/mol. The van der Waals surface area contributed by atoms with Crippen molar-refractivity contribution in [3.63, 3.8) is 0 Å². The molecule has 1 aliphatic rings.